The fourth-order valence-corrected chi connectivity index (χ4v) is 5.86. The second-order valence-corrected chi connectivity index (χ2v) is 10.6. The van der Waals surface area contributed by atoms with E-state index in [9.17, 15) is 4.79 Å². The summed E-state index contributed by atoms with van der Waals surface area (Å²) in [5.74, 6) is 1.94. The summed E-state index contributed by atoms with van der Waals surface area (Å²) in [6.45, 7) is 9.92. The lowest BCUT2D eigenvalue weighted by atomic mass is 9.99. The maximum atomic E-state index is 12.6. The van der Waals surface area contributed by atoms with Gasteiger partial charge in [0.15, 0.2) is 5.69 Å². The molecule has 1 saturated heterocycles. The van der Waals surface area contributed by atoms with Gasteiger partial charge in [-0.2, -0.15) is 0 Å². The van der Waals surface area contributed by atoms with Gasteiger partial charge < -0.3 is 9.47 Å². The minimum Gasteiger partial charge on any atom is -0.342 e. The van der Waals surface area contributed by atoms with Crippen molar-refractivity contribution in [1.29, 1.82) is 0 Å². The van der Waals surface area contributed by atoms with Crippen LogP contribution in [0.25, 0.3) is 44.5 Å². The molecule has 0 radical (unpaired) electrons. The van der Waals surface area contributed by atoms with Gasteiger partial charge in [0.2, 0.25) is 5.91 Å². The highest BCUT2D eigenvalue weighted by Gasteiger charge is 2.36. The number of amides is 1. The summed E-state index contributed by atoms with van der Waals surface area (Å²) < 4.78 is 2.30. The molecule has 1 aromatic heterocycles. The van der Waals surface area contributed by atoms with E-state index in [-0.39, 0.29) is 5.92 Å². The van der Waals surface area contributed by atoms with E-state index in [2.05, 4.69) is 68.9 Å². The van der Waals surface area contributed by atoms with Gasteiger partial charge in [0.05, 0.1) is 17.6 Å². The van der Waals surface area contributed by atoms with Gasteiger partial charge >= 0.3 is 0 Å². The molecule has 0 N–H and O–H groups in total. The van der Waals surface area contributed by atoms with Crippen LogP contribution in [0.15, 0.2) is 66.7 Å². The predicted octanol–water partition coefficient (Wildman–Crippen LogP) is 6.75. The van der Waals surface area contributed by atoms with Crippen molar-refractivity contribution in [3.8, 4) is 22.5 Å². The third-order valence-electron chi connectivity index (χ3n) is 8.08. The molecule has 1 amide bonds. The van der Waals surface area contributed by atoms with E-state index in [0.717, 1.165) is 67.7 Å². The smallest absolute Gasteiger partial charge is 0.225 e. The van der Waals surface area contributed by atoms with Crippen molar-refractivity contribution in [2.75, 3.05) is 13.1 Å². The maximum Gasteiger partial charge on any atom is 0.225 e. The number of hydrogen-bond donors (Lipinski definition) is 0. The largest absolute Gasteiger partial charge is 0.342 e. The van der Waals surface area contributed by atoms with Crippen LogP contribution in [0.1, 0.15) is 30.4 Å². The number of benzene rings is 3. The van der Waals surface area contributed by atoms with Crippen molar-refractivity contribution in [3.05, 3.63) is 89.3 Å². The number of aromatic nitrogens is 2. The third-order valence-corrected chi connectivity index (χ3v) is 8.08. The third kappa shape index (κ3) is 4.03. The Morgan fingerprint density at radius 1 is 0.973 bits per heavy atom. The van der Waals surface area contributed by atoms with Crippen molar-refractivity contribution >= 4 is 28.7 Å². The van der Waals surface area contributed by atoms with Crippen molar-refractivity contribution in [2.45, 2.75) is 32.2 Å². The zero-order chi connectivity index (χ0) is 24.9. The number of hydrogen-bond acceptors (Lipinski definition) is 2. The summed E-state index contributed by atoms with van der Waals surface area (Å²) in [7, 11) is 0. The summed E-state index contributed by atoms with van der Waals surface area (Å²) in [6.07, 6.45) is 8.56. The average molecular weight is 485 g/mol. The molecule has 37 heavy (non-hydrogen) atoms. The Morgan fingerprint density at radius 3 is 2.59 bits per heavy atom. The minimum absolute atomic E-state index is 0.274. The highest BCUT2D eigenvalue weighted by molar-refractivity contribution is 5.84. The lowest BCUT2D eigenvalue weighted by molar-refractivity contribution is -0.131. The van der Waals surface area contributed by atoms with Crippen LogP contribution in [-0.2, 0) is 17.8 Å². The Labute approximate surface area is 216 Å². The van der Waals surface area contributed by atoms with Gasteiger partial charge in [-0.3, -0.25) is 4.79 Å². The Bertz CT molecular complexity index is 1600. The van der Waals surface area contributed by atoms with Crippen molar-refractivity contribution in [2.24, 2.45) is 11.8 Å². The fraction of sp³-hybridized carbons (Fsp3) is 0.281. The summed E-state index contributed by atoms with van der Waals surface area (Å²) in [5, 5.41) is 0. The Hall–Kier alpha value is -4.17. The van der Waals surface area contributed by atoms with E-state index < -0.39 is 0 Å². The number of allylic oxidation sites excluding steroid dienone is 1. The van der Waals surface area contributed by atoms with E-state index in [4.69, 9.17) is 11.6 Å². The zero-order valence-electron chi connectivity index (χ0n) is 20.7. The molecule has 1 saturated carbocycles. The van der Waals surface area contributed by atoms with Crippen LogP contribution in [0, 0.1) is 18.4 Å². The Balaban J connectivity index is 1.21. The number of rotatable bonds is 5. The van der Waals surface area contributed by atoms with E-state index in [0.29, 0.717) is 17.5 Å². The Kier molecular flexibility index (Phi) is 5.21. The summed E-state index contributed by atoms with van der Waals surface area (Å²) in [5.41, 5.74) is 8.67. The molecule has 2 heterocycles. The van der Waals surface area contributed by atoms with Crippen molar-refractivity contribution < 1.29 is 4.79 Å². The minimum atomic E-state index is 0.274. The SMILES string of the molecule is [C-]#[N+]c1ccc2c(c1)nc(-c1ccc(-c3ccc4c(c3)C=CC4)cc1)n2C[C@@H]1CCN(C(=O)C2CC2)C1. The first-order valence-corrected chi connectivity index (χ1v) is 13.2. The number of fused-ring (bicyclic) bond motifs is 2. The van der Waals surface area contributed by atoms with E-state index in [1.54, 1.807) is 0 Å². The molecule has 3 aromatic carbocycles. The number of carbonyl (C=O) groups is 1. The monoisotopic (exact) mass is 484 g/mol. The highest BCUT2D eigenvalue weighted by Crippen LogP contribution is 2.35. The van der Waals surface area contributed by atoms with E-state index in [1.807, 2.05) is 18.2 Å². The predicted molar refractivity (Wildman–Crippen MR) is 147 cm³/mol. The molecular weight excluding hydrogens is 456 g/mol. The molecule has 4 aromatic rings. The van der Waals surface area contributed by atoms with Crippen molar-refractivity contribution in [3.63, 3.8) is 0 Å². The molecule has 182 valence electrons. The van der Waals surface area contributed by atoms with Crippen LogP contribution in [0.5, 0.6) is 0 Å². The van der Waals surface area contributed by atoms with Crippen molar-refractivity contribution in [1.82, 2.24) is 14.5 Å². The summed E-state index contributed by atoms with van der Waals surface area (Å²) >= 11 is 0. The first-order valence-electron chi connectivity index (χ1n) is 13.2. The fourth-order valence-electron chi connectivity index (χ4n) is 5.86. The van der Waals surface area contributed by atoms with Crippen LogP contribution in [-0.4, -0.2) is 33.4 Å². The molecule has 1 aliphatic heterocycles. The lowest BCUT2D eigenvalue weighted by Gasteiger charge is -2.18. The quantitative estimate of drug-likeness (QED) is 0.294. The van der Waals surface area contributed by atoms with Gasteiger partial charge in [-0.15, -0.1) is 0 Å². The van der Waals surface area contributed by atoms with E-state index in [1.165, 1.54) is 22.3 Å². The zero-order valence-corrected chi connectivity index (χ0v) is 20.7. The molecule has 5 heteroatoms. The highest BCUT2D eigenvalue weighted by atomic mass is 16.2. The number of carbonyl (C=O) groups excluding carboxylic acids is 1. The van der Waals surface area contributed by atoms with Gasteiger partial charge in [-0.1, -0.05) is 54.6 Å². The van der Waals surface area contributed by atoms with Crippen LogP contribution in [0.4, 0.5) is 5.69 Å². The molecule has 1 atom stereocenters. The number of likely N-dealkylation sites (tertiary alicyclic amines) is 1. The first kappa shape index (κ1) is 22.1. The maximum absolute atomic E-state index is 12.6. The van der Waals surface area contributed by atoms with Crippen LogP contribution >= 0.6 is 0 Å². The molecule has 2 aliphatic carbocycles. The molecule has 0 unspecified atom stereocenters. The van der Waals surface area contributed by atoms with Crippen LogP contribution in [0.2, 0.25) is 0 Å². The molecule has 2 fully saturated rings. The number of nitrogens with zero attached hydrogens (tertiary/aromatic N) is 4. The molecule has 7 rings (SSSR count). The summed E-state index contributed by atoms with van der Waals surface area (Å²) in [4.78, 5) is 23.3. The van der Waals surface area contributed by atoms with Gasteiger partial charge in [-0.25, -0.2) is 9.83 Å². The van der Waals surface area contributed by atoms with Gasteiger partial charge in [0.25, 0.3) is 0 Å². The molecule has 0 spiro atoms. The average Bonchev–Trinajstić information content (AvgIpc) is 3.33. The second kappa shape index (κ2) is 8.74. The summed E-state index contributed by atoms with van der Waals surface area (Å²) in [6, 6.07) is 21.1. The van der Waals surface area contributed by atoms with E-state index >= 15 is 0 Å². The second-order valence-electron chi connectivity index (χ2n) is 10.6. The molecule has 5 nitrogen and oxygen atoms in total. The van der Waals surface area contributed by atoms with Gasteiger partial charge in [0.1, 0.15) is 5.82 Å². The number of imidazole rings is 1. The normalized spacial score (nSPS) is 18.4. The van der Waals surface area contributed by atoms with Gasteiger partial charge in [0, 0.05) is 31.1 Å². The first-order chi connectivity index (χ1) is 18.2. The standard InChI is InChI=1S/C32H28N4O/c1-33-28-13-14-30-29(18-28)34-31(36(30)20-21-15-16-35(19-21)32(37)25-10-11-25)24-8-5-23(6-9-24)27-12-7-22-3-2-4-26(22)17-27/h2,4-9,12-14,17-18,21,25H,3,10-11,15-16,19-20H2/t21-/m1/s1. The topological polar surface area (TPSA) is 42.5 Å². The lowest BCUT2D eigenvalue weighted by Crippen LogP contribution is -2.30. The molecular formula is C32H28N4O. The van der Waals surface area contributed by atoms with Crippen LogP contribution in [0.3, 0.4) is 0 Å². The van der Waals surface area contributed by atoms with Crippen LogP contribution < -0.4 is 0 Å². The molecule has 3 aliphatic rings. The van der Waals surface area contributed by atoms with Gasteiger partial charge in [-0.05, 0) is 72.1 Å². The Morgan fingerprint density at radius 2 is 1.78 bits per heavy atom. The molecule has 0 bridgehead atoms.